The maximum absolute atomic E-state index is 8.52. The Bertz CT molecular complexity index is 383. The normalized spacial score (nSPS) is 11.6. The van der Waals surface area contributed by atoms with Crippen molar-refractivity contribution in [2.75, 3.05) is 13.7 Å². The molecule has 0 saturated heterocycles. The van der Waals surface area contributed by atoms with Crippen molar-refractivity contribution in [1.29, 1.82) is 5.26 Å². The number of rotatable bonds is 5. The van der Waals surface area contributed by atoms with Gasteiger partial charge in [0.1, 0.15) is 6.07 Å². The highest BCUT2D eigenvalue weighted by molar-refractivity contribution is 5.47. The van der Waals surface area contributed by atoms with Crippen LogP contribution in [0.2, 0.25) is 0 Å². The Morgan fingerprint density at radius 1 is 1.50 bits per heavy atom. The summed E-state index contributed by atoms with van der Waals surface area (Å²) in [6.45, 7) is 1.93. The molecule has 0 radical (unpaired) electrons. The minimum absolute atomic E-state index is 0.00628. The first-order valence-electron chi connectivity index (χ1n) is 5.10. The van der Waals surface area contributed by atoms with E-state index < -0.39 is 0 Å². The predicted molar refractivity (Wildman–Crippen MR) is 61.5 cm³/mol. The van der Waals surface area contributed by atoms with Crippen LogP contribution in [0.4, 0.5) is 0 Å². The Labute approximate surface area is 95.6 Å². The van der Waals surface area contributed by atoms with Crippen LogP contribution in [-0.4, -0.2) is 19.8 Å². The number of ether oxygens (including phenoxy) is 2. The fourth-order valence-corrected chi connectivity index (χ4v) is 1.50. The molecule has 1 aromatic carbocycles. The second-order valence-corrected chi connectivity index (χ2v) is 3.58. The lowest BCUT2D eigenvalue weighted by Crippen LogP contribution is -2.18. The van der Waals surface area contributed by atoms with E-state index in [1.165, 1.54) is 0 Å². The number of nitrogens with two attached hydrogens (primary N) is 1. The lowest BCUT2D eigenvalue weighted by Gasteiger charge is -2.14. The molecule has 1 aromatic rings. The first-order valence-corrected chi connectivity index (χ1v) is 5.10. The zero-order valence-electron chi connectivity index (χ0n) is 9.56. The summed E-state index contributed by atoms with van der Waals surface area (Å²) in [5.41, 5.74) is 6.71. The van der Waals surface area contributed by atoms with Gasteiger partial charge in [-0.2, -0.15) is 5.26 Å². The minimum Gasteiger partial charge on any atom is -0.493 e. The average Bonchev–Trinajstić information content (AvgIpc) is 2.26. The van der Waals surface area contributed by atoms with Crippen molar-refractivity contribution >= 4 is 0 Å². The lowest BCUT2D eigenvalue weighted by atomic mass is 10.1. The van der Waals surface area contributed by atoms with Crippen LogP contribution in [0.5, 0.6) is 11.5 Å². The molecule has 0 heterocycles. The molecule has 4 nitrogen and oxygen atoms in total. The van der Waals surface area contributed by atoms with E-state index in [2.05, 4.69) is 0 Å². The molecule has 16 heavy (non-hydrogen) atoms. The Kier molecular flexibility index (Phi) is 4.62. The number of hydrogen-bond donors (Lipinski definition) is 1. The summed E-state index contributed by atoms with van der Waals surface area (Å²) in [5, 5.41) is 8.52. The van der Waals surface area contributed by atoms with Crippen LogP contribution in [0.3, 0.4) is 0 Å². The first kappa shape index (κ1) is 12.3. The third-order valence-electron chi connectivity index (χ3n) is 2.10. The van der Waals surface area contributed by atoms with Crippen molar-refractivity contribution < 1.29 is 9.47 Å². The van der Waals surface area contributed by atoms with Gasteiger partial charge in [0.25, 0.3) is 0 Å². The summed E-state index contributed by atoms with van der Waals surface area (Å²) in [6, 6.07) is 7.59. The van der Waals surface area contributed by atoms with Gasteiger partial charge in [-0.05, 0) is 25.0 Å². The molecule has 0 fully saturated rings. The number of methoxy groups -OCH3 is 1. The summed E-state index contributed by atoms with van der Waals surface area (Å²) in [4.78, 5) is 0. The fourth-order valence-electron chi connectivity index (χ4n) is 1.50. The molecule has 1 unspecified atom stereocenters. The predicted octanol–water partition coefficient (Wildman–Crippen LogP) is 1.49. The second-order valence-electron chi connectivity index (χ2n) is 3.58. The largest absolute Gasteiger partial charge is 0.493 e. The SMILES string of the molecule is COc1cccc(CC(C)N)c1OCC#N. The molecule has 2 N–H and O–H groups in total. The molecule has 0 saturated carbocycles. The van der Waals surface area contributed by atoms with Crippen molar-refractivity contribution in [3.63, 3.8) is 0 Å². The van der Waals surface area contributed by atoms with Crippen molar-refractivity contribution in [2.24, 2.45) is 5.73 Å². The highest BCUT2D eigenvalue weighted by atomic mass is 16.5. The zero-order valence-corrected chi connectivity index (χ0v) is 9.56. The summed E-state index contributed by atoms with van der Waals surface area (Å²) in [6.07, 6.45) is 0.692. The molecular weight excluding hydrogens is 204 g/mol. The highest BCUT2D eigenvalue weighted by Crippen LogP contribution is 2.31. The third kappa shape index (κ3) is 3.14. The smallest absolute Gasteiger partial charge is 0.174 e. The molecule has 0 aliphatic heterocycles. The summed E-state index contributed by atoms with van der Waals surface area (Å²) in [7, 11) is 1.57. The van der Waals surface area contributed by atoms with Gasteiger partial charge in [0, 0.05) is 6.04 Å². The van der Waals surface area contributed by atoms with E-state index in [1.807, 2.05) is 25.1 Å². The van der Waals surface area contributed by atoms with E-state index >= 15 is 0 Å². The van der Waals surface area contributed by atoms with E-state index in [9.17, 15) is 0 Å². The maximum Gasteiger partial charge on any atom is 0.174 e. The van der Waals surface area contributed by atoms with Crippen LogP contribution in [0.1, 0.15) is 12.5 Å². The molecule has 0 aliphatic carbocycles. The summed E-state index contributed by atoms with van der Waals surface area (Å²) < 4.78 is 10.6. The van der Waals surface area contributed by atoms with E-state index in [0.29, 0.717) is 17.9 Å². The van der Waals surface area contributed by atoms with E-state index in [-0.39, 0.29) is 12.6 Å². The second kappa shape index (κ2) is 5.99. The number of benzene rings is 1. The van der Waals surface area contributed by atoms with Gasteiger partial charge >= 0.3 is 0 Å². The fraction of sp³-hybridized carbons (Fsp3) is 0.417. The number of nitrogens with zero attached hydrogens (tertiary/aromatic N) is 1. The number of nitriles is 1. The molecular formula is C12H16N2O2. The third-order valence-corrected chi connectivity index (χ3v) is 2.10. The van der Waals surface area contributed by atoms with Crippen molar-refractivity contribution in [2.45, 2.75) is 19.4 Å². The maximum atomic E-state index is 8.52. The molecule has 86 valence electrons. The quantitative estimate of drug-likeness (QED) is 0.816. The topological polar surface area (TPSA) is 68.3 Å². The van der Waals surface area contributed by atoms with Crippen molar-refractivity contribution in [3.8, 4) is 17.6 Å². The van der Waals surface area contributed by atoms with Gasteiger partial charge in [0.2, 0.25) is 0 Å². The van der Waals surface area contributed by atoms with Gasteiger partial charge in [-0.15, -0.1) is 0 Å². The van der Waals surface area contributed by atoms with Crippen molar-refractivity contribution in [3.05, 3.63) is 23.8 Å². The van der Waals surface area contributed by atoms with E-state index in [1.54, 1.807) is 13.2 Å². The molecule has 0 spiro atoms. The van der Waals surface area contributed by atoms with Gasteiger partial charge in [0.15, 0.2) is 18.1 Å². The standard InChI is InChI=1S/C12H16N2O2/c1-9(14)8-10-4-3-5-11(15-2)12(10)16-7-6-13/h3-5,9H,7-8,14H2,1-2H3. The molecule has 0 aliphatic rings. The van der Waals surface area contributed by atoms with E-state index in [0.717, 1.165) is 5.56 Å². The number of hydrogen-bond acceptors (Lipinski definition) is 4. The highest BCUT2D eigenvalue weighted by Gasteiger charge is 2.11. The Morgan fingerprint density at radius 3 is 2.81 bits per heavy atom. The van der Waals surface area contributed by atoms with Gasteiger partial charge in [0.05, 0.1) is 7.11 Å². The average molecular weight is 220 g/mol. The van der Waals surface area contributed by atoms with Gasteiger partial charge < -0.3 is 15.2 Å². The molecule has 1 atom stereocenters. The van der Waals surface area contributed by atoms with Crippen LogP contribution >= 0.6 is 0 Å². The van der Waals surface area contributed by atoms with Crippen LogP contribution in [0.15, 0.2) is 18.2 Å². The Balaban J connectivity index is 3.00. The molecule has 0 aromatic heterocycles. The zero-order chi connectivity index (χ0) is 12.0. The van der Waals surface area contributed by atoms with Crippen LogP contribution in [0.25, 0.3) is 0 Å². The molecule has 4 heteroatoms. The van der Waals surface area contributed by atoms with Gasteiger partial charge in [-0.3, -0.25) is 0 Å². The minimum atomic E-state index is 0.00628. The number of para-hydroxylation sites is 1. The lowest BCUT2D eigenvalue weighted by molar-refractivity contribution is 0.325. The Hall–Kier alpha value is -1.73. The van der Waals surface area contributed by atoms with Crippen molar-refractivity contribution in [1.82, 2.24) is 0 Å². The van der Waals surface area contributed by atoms with Crippen LogP contribution in [-0.2, 0) is 6.42 Å². The Morgan fingerprint density at radius 2 is 2.25 bits per heavy atom. The summed E-state index contributed by atoms with van der Waals surface area (Å²) >= 11 is 0. The van der Waals surface area contributed by atoms with Gasteiger partial charge in [-0.1, -0.05) is 12.1 Å². The monoisotopic (exact) mass is 220 g/mol. The molecule has 1 rings (SSSR count). The van der Waals surface area contributed by atoms with Crippen LogP contribution in [0, 0.1) is 11.3 Å². The van der Waals surface area contributed by atoms with E-state index in [4.69, 9.17) is 20.5 Å². The van der Waals surface area contributed by atoms with Crippen LogP contribution < -0.4 is 15.2 Å². The molecule has 0 amide bonds. The molecule has 0 bridgehead atoms. The van der Waals surface area contributed by atoms with Gasteiger partial charge in [-0.25, -0.2) is 0 Å². The first-order chi connectivity index (χ1) is 7.69. The summed E-state index contributed by atoms with van der Waals surface area (Å²) in [5.74, 6) is 1.25.